The minimum atomic E-state index is 0.894. The summed E-state index contributed by atoms with van der Waals surface area (Å²) in [5, 5.41) is 25.0. The summed E-state index contributed by atoms with van der Waals surface area (Å²) in [5.74, 6) is 0.894. The molecule has 0 atom stereocenters. The molecule has 0 fully saturated rings. The van der Waals surface area contributed by atoms with Gasteiger partial charge in [0, 0.05) is 60.0 Å². The first-order chi connectivity index (χ1) is 52.5. The first-order valence-electron chi connectivity index (χ1n) is 36.2. The predicted molar refractivity (Wildman–Crippen MR) is 445 cm³/mol. The Morgan fingerprint density at radius 3 is 0.698 bits per heavy atom. The van der Waals surface area contributed by atoms with Crippen LogP contribution in [0, 0.1) is 0 Å². The van der Waals surface area contributed by atoms with Crippen molar-refractivity contribution in [1.82, 2.24) is 0 Å². The van der Waals surface area contributed by atoms with Crippen molar-refractivity contribution >= 4 is 152 Å². The van der Waals surface area contributed by atoms with E-state index >= 15 is 0 Å². The highest BCUT2D eigenvalue weighted by atomic mass is 16.3. The maximum absolute atomic E-state index is 6.46. The molecule has 106 heavy (non-hydrogen) atoms. The van der Waals surface area contributed by atoms with E-state index in [0.717, 1.165) is 121 Å². The molecule has 19 aromatic carbocycles. The Hall–Kier alpha value is -14.1. The summed E-state index contributed by atoms with van der Waals surface area (Å²) in [4.78, 5) is 0. The van der Waals surface area contributed by atoms with E-state index in [1.807, 2.05) is 48.5 Å². The normalized spacial score (nSPS) is 12.0. The van der Waals surface area contributed by atoms with Crippen molar-refractivity contribution < 1.29 is 17.7 Å². The lowest BCUT2D eigenvalue weighted by atomic mass is 9.85. The molecule has 0 spiro atoms. The second-order valence-electron chi connectivity index (χ2n) is 28.0. The summed E-state index contributed by atoms with van der Waals surface area (Å²) in [6.07, 6.45) is 0. The summed E-state index contributed by atoms with van der Waals surface area (Å²) in [6, 6.07) is 131. The van der Waals surface area contributed by atoms with Gasteiger partial charge in [0.2, 0.25) is 0 Å². The van der Waals surface area contributed by atoms with Crippen molar-refractivity contribution in [1.29, 1.82) is 0 Å². The molecule has 0 radical (unpaired) electrons. The van der Waals surface area contributed by atoms with Crippen LogP contribution in [0.3, 0.4) is 0 Å². The van der Waals surface area contributed by atoms with E-state index in [1.165, 1.54) is 109 Å². The topological polar surface area (TPSA) is 52.6 Å². The molecular weight excluding hydrogens is 1290 g/mol. The van der Waals surface area contributed by atoms with E-state index in [9.17, 15) is 0 Å². The fraction of sp³-hybridized carbons (Fsp3) is 0. The zero-order chi connectivity index (χ0) is 69.5. The molecule has 4 aromatic heterocycles. The zero-order valence-corrected chi connectivity index (χ0v) is 57.3. The van der Waals surface area contributed by atoms with Crippen LogP contribution < -0.4 is 0 Å². The lowest BCUT2D eigenvalue weighted by molar-refractivity contribution is 0.633. The Bertz CT molecular complexity index is 7200. The highest BCUT2D eigenvalue weighted by Gasteiger charge is 2.23. The van der Waals surface area contributed by atoms with Crippen LogP contribution in [0.2, 0.25) is 0 Å². The molecule has 0 saturated heterocycles. The largest absolute Gasteiger partial charge is 0.456 e. The van der Waals surface area contributed by atoms with Crippen LogP contribution in [0.1, 0.15) is 0 Å². The van der Waals surface area contributed by atoms with E-state index in [1.54, 1.807) is 0 Å². The van der Waals surface area contributed by atoms with Crippen LogP contribution in [-0.2, 0) is 0 Å². The van der Waals surface area contributed by atoms with Crippen LogP contribution in [0.5, 0.6) is 0 Å². The summed E-state index contributed by atoms with van der Waals surface area (Å²) < 4.78 is 25.6. The maximum Gasteiger partial charge on any atom is 0.143 e. The van der Waals surface area contributed by atoms with E-state index in [-0.39, 0.29) is 0 Å². The SMILES string of the molecule is c1ccc2c(c1)oc1c(-c3ccc4cc(-c5c6ccccc6c(-c6ccc7cc(-c8cccc9c8oc8ccccc89)ccc7c6)c6ccccc56)ccc4c3)cccc12.c1ccc2oc(-c3c4ccccc4c(-c4ccc5cc(-c6cccc7c6oc6ccccc67)ccc5c4)c4ccccc34)cc2c1. The summed E-state index contributed by atoms with van der Waals surface area (Å²) in [6.45, 7) is 0. The van der Waals surface area contributed by atoms with Gasteiger partial charge in [-0.1, -0.05) is 297 Å². The van der Waals surface area contributed by atoms with Crippen molar-refractivity contribution in [2.75, 3.05) is 0 Å². The molecule has 23 rings (SSSR count). The molecule has 0 aliphatic rings. The van der Waals surface area contributed by atoms with E-state index in [0.29, 0.717) is 0 Å². The van der Waals surface area contributed by atoms with Crippen molar-refractivity contribution in [3.63, 3.8) is 0 Å². The van der Waals surface area contributed by atoms with E-state index in [2.05, 4.69) is 315 Å². The first kappa shape index (κ1) is 59.6. The number of furan rings is 4. The lowest BCUT2D eigenvalue weighted by Crippen LogP contribution is -1.91. The molecule has 0 aliphatic carbocycles. The van der Waals surface area contributed by atoms with Gasteiger partial charge in [0.25, 0.3) is 0 Å². The Kier molecular flexibility index (Phi) is 13.4. The Labute approximate surface area is 608 Å². The molecule has 0 unspecified atom stereocenters. The average molecular weight is 1350 g/mol. The fourth-order valence-electron chi connectivity index (χ4n) is 17.2. The van der Waals surface area contributed by atoms with Gasteiger partial charge in [-0.15, -0.1) is 0 Å². The predicted octanol–water partition coefficient (Wildman–Crippen LogP) is 29.6. The quantitative estimate of drug-likeness (QED) is 0.149. The van der Waals surface area contributed by atoms with Gasteiger partial charge in [-0.05, 0) is 192 Å². The number of benzene rings is 19. The minimum Gasteiger partial charge on any atom is -0.456 e. The summed E-state index contributed by atoms with van der Waals surface area (Å²) in [5.41, 5.74) is 21.7. The van der Waals surface area contributed by atoms with Crippen molar-refractivity contribution in [3.05, 3.63) is 364 Å². The third-order valence-corrected chi connectivity index (χ3v) is 22.1. The second kappa shape index (κ2) is 23.8. The molecule has 0 saturated carbocycles. The van der Waals surface area contributed by atoms with Crippen molar-refractivity contribution in [2.45, 2.75) is 0 Å². The lowest BCUT2D eigenvalue weighted by Gasteiger charge is -2.18. The Balaban J connectivity index is 0.000000137. The zero-order valence-electron chi connectivity index (χ0n) is 57.3. The smallest absolute Gasteiger partial charge is 0.143 e. The molecule has 4 heterocycles. The van der Waals surface area contributed by atoms with Gasteiger partial charge in [0.05, 0.1) is 0 Å². The number of hydrogen-bond acceptors (Lipinski definition) is 4. The molecule has 492 valence electrons. The van der Waals surface area contributed by atoms with Gasteiger partial charge in [0.1, 0.15) is 44.8 Å². The number of para-hydroxylation sites is 7. The Morgan fingerprint density at radius 2 is 0.387 bits per heavy atom. The van der Waals surface area contributed by atoms with Gasteiger partial charge < -0.3 is 17.7 Å². The maximum atomic E-state index is 6.46. The molecular formula is C102H60O4. The number of hydrogen-bond donors (Lipinski definition) is 0. The first-order valence-corrected chi connectivity index (χ1v) is 36.2. The van der Waals surface area contributed by atoms with Crippen LogP contribution in [0.4, 0.5) is 0 Å². The number of fused-ring (bicyclic) bond motifs is 17. The van der Waals surface area contributed by atoms with Crippen LogP contribution in [-0.4, -0.2) is 0 Å². The second-order valence-corrected chi connectivity index (χ2v) is 28.0. The van der Waals surface area contributed by atoms with Crippen molar-refractivity contribution in [3.8, 4) is 78.1 Å². The molecule has 4 nitrogen and oxygen atoms in total. The molecule has 0 aliphatic heterocycles. The van der Waals surface area contributed by atoms with E-state index in [4.69, 9.17) is 17.7 Å². The van der Waals surface area contributed by atoms with E-state index < -0.39 is 0 Å². The van der Waals surface area contributed by atoms with Crippen molar-refractivity contribution in [2.24, 2.45) is 0 Å². The average Bonchev–Trinajstić information content (AvgIpc) is 1.14. The van der Waals surface area contributed by atoms with Gasteiger partial charge >= 0.3 is 0 Å². The Morgan fingerprint density at radius 1 is 0.142 bits per heavy atom. The number of rotatable bonds is 7. The third kappa shape index (κ3) is 9.48. The molecule has 23 aromatic rings. The van der Waals surface area contributed by atoms with Gasteiger partial charge in [-0.2, -0.15) is 0 Å². The van der Waals surface area contributed by atoms with Gasteiger partial charge in [-0.25, -0.2) is 0 Å². The van der Waals surface area contributed by atoms with Crippen LogP contribution in [0.25, 0.3) is 230 Å². The van der Waals surface area contributed by atoms with Crippen LogP contribution in [0.15, 0.2) is 382 Å². The van der Waals surface area contributed by atoms with Gasteiger partial charge in [0.15, 0.2) is 0 Å². The molecule has 0 bridgehead atoms. The summed E-state index contributed by atoms with van der Waals surface area (Å²) >= 11 is 0. The standard InChI is InChI=1S/C58H34O2.C44H26O2/c1-2-14-48-47(13-1)55(41-29-25-35-31-39(27-23-37(35)33-41)43-17-9-19-51-45-11-5-7-21-53(45)59-57(43)51)49-15-3-4-16-50(49)56(48)42-30-26-36-32-40(28-24-38(36)34-42)44-18-10-20-52-46-12-6-8-22-54(46)60-58(44)52;1-7-18-39-30(10-1)26-41(45-39)43-36-14-4-2-12-34(36)42(35-13-3-5-15-37(35)43)31-23-21-27-24-29(22-20-28(27)25-31)32-16-9-17-38-33-11-6-8-19-40(33)46-44(32)38/h1-34H;1-26H. The summed E-state index contributed by atoms with van der Waals surface area (Å²) in [7, 11) is 0. The highest BCUT2D eigenvalue weighted by molar-refractivity contribution is 6.24. The molecule has 4 heteroatoms. The fourth-order valence-corrected chi connectivity index (χ4v) is 17.2. The molecule has 0 amide bonds. The molecule has 0 N–H and O–H groups in total. The highest BCUT2D eigenvalue weighted by Crippen LogP contribution is 2.49. The monoisotopic (exact) mass is 1350 g/mol. The third-order valence-electron chi connectivity index (χ3n) is 22.1. The van der Waals surface area contributed by atoms with Gasteiger partial charge in [-0.3, -0.25) is 0 Å². The van der Waals surface area contributed by atoms with Crippen LogP contribution >= 0.6 is 0 Å². The minimum absolute atomic E-state index is 0.894.